The first-order valence-electron chi connectivity index (χ1n) is 7.16. The highest BCUT2D eigenvalue weighted by atomic mass is 32.2. The molecule has 3 N–H and O–H groups in total. The largest absolute Gasteiger partial charge is 0.329 e. The van der Waals surface area contributed by atoms with Crippen molar-refractivity contribution in [2.24, 2.45) is 17.6 Å². The van der Waals surface area contributed by atoms with Crippen LogP contribution in [-0.2, 0) is 10.2 Å². The molecule has 0 aromatic rings. The first-order valence-corrected chi connectivity index (χ1v) is 8.60. The van der Waals surface area contributed by atoms with Gasteiger partial charge in [0.2, 0.25) is 0 Å². The van der Waals surface area contributed by atoms with Gasteiger partial charge in [0.15, 0.2) is 0 Å². The summed E-state index contributed by atoms with van der Waals surface area (Å²) < 4.78 is 28.8. The van der Waals surface area contributed by atoms with Gasteiger partial charge in [0, 0.05) is 25.7 Å². The molecule has 0 unspecified atom stereocenters. The molecule has 6 heteroatoms. The van der Waals surface area contributed by atoms with Crippen LogP contribution in [0.3, 0.4) is 0 Å². The van der Waals surface area contributed by atoms with E-state index in [1.54, 1.807) is 11.2 Å². The second-order valence-corrected chi connectivity index (χ2v) is 7.73. The number of rotatable bonds is 10. The van der Waals surface area contributed by atoms with E-state index in [2.05, 4.69) is 32.4 Å². The van der Waals surface area contributed by atoms with Crippen LogP contribution in [0, 0.1) is 11.8 Å². The molecule has 1 atom stereocenters. The minimum Gasteiger partial charge on any atom is -0.329 e. The predicted octanol–water partition coefficient (Wildman–Crippen LogP) is 1.56. The highest BCUT2D eigenvalue weighted by Crippen LogP contribution is 2.10. The van der Waals surface area contributed by atoms with Crippen LogP contribution in [0.5, 0.6) is 0 Å². The van der Waals surface area contributed by atoms with Crippen LogP contribution in [0.1, 0.15) is 47.5 Å². The van der Waals surface area contributed by atoms with Gasteiger partial charge in [-0.1, -0.05) is 27.7 Å². The van der Waals surface area contributed by atoms with Gasteiger partial charge < -0.3 is 5.73 Å². The summed E-state index contributed by atoms with van der Waals surface area (Å²) in [4.78, 5) is 0. The molecule has 0 heterocycles. The SMILES string of the molecule is CC(C)CCN(CCC(C)C)S(=O)(=O)N[C@@H](C)CN. The van der Waals surface area contributed by atoms with Crippen LogP contribution in [-0.4, -0.2) is 38.4 Å². The van der Waals surface area contributed by atoms with Crippen molar-refractivity contribution < 1.29 is 8.42 Å². The van der Waals surface area contributed by atoms with Gasteiger partial charge in [-0.05, 0) is 31.6 Å². The molecule has 0 aromatic heterocycles. The second kappa shape index (κ2) is 8.89. The molecular weight excluding hydrogens is 262 g/mol. The summed E-state index contributed by atoms with van der Waals surface area (Å²) in [6.07, 6.45) is 1.74. The van der Waals surface area contributed by atoms with Crippen molar-refractivity contribution in [3.05, 3.63) is 0 Å². The van der Waals surface area contributed by atoms with E-state index in [0.717, 1.165) is 12.8 Å². The van der Waals surface area contributed by atoms with Crippen molar-refractivity contribution >= 4 is 10.2 Å². The molecule has 0 radical (unpaired) electrons. The van der Waals surface area contributed by atoms with Crippen molar-refractivity contribution in [1.29, 1.82) is 0 Å². The Hall–Kier alpha value is -0.170. The van der Waals surface area contributed by atoms with Gasteiger partial charge in [-0.15, -0.1) is 0 Å². The fraction of sp³-hybridized carbons (Fsp3) is 1.00. The molecule has 0 aliphatic rings. The van der Waals surface area contributed by atoms with Gasteiger partial charge in [0.1, 0.15) is 0 Å². The molecule has 0 bridgehead atoms. The summed E-state index contributed by atoms with van der Waals surface area (Å²) in [6.45, 7) is 11.6. The normalized spacial score (nSPS) is 14.6. The van der Waals surface area contributed by atoms with Crippen LogP contribution in [0.15, 0.2) is 0 Å². The third-order valence-electron chi connectivity index (χ3n) is 2.96. The summed E-state index contributed by atoms with van der Waals surface area (Å²) in [7, 11) is -3.42. The van der Waals surface area contributed by atoms with Crippen LogP contribution < -0.4 is 10.5 Å². The lowest BCUT2D eigenvalue weighted by atomic mass is 10.1. The summed E-state index contributed by atoms with van der Waals surface area (Å²) in [5.74, 6) is 0.979. The molecule has 19 heavy (non-hydrogen) atoms. The molecule has 0 rings (SSSR count). The summed E-state index contributed by atoms with van der Waals surface area (Å²) in [5, 5.41) is 0. The summed E-state index contributed by atoms with van der Waals surface area (Å²) >= 11 is 0. The molecular formula is C13H31N3O2S. The summed E-state index contributed by atoms with van der Waals surface area (Å²) in [6, 6.07) is -0.231. The third kappa shape index (κ3) is 8.57. The van der Waals surface area contributed by atoms with Crippen molar-refractivity contribution in [2.75, 3.05) is 19.6 Å². The number of nitrogens with one attached hydrogen (secondary N) is 1. The first-order chi connectivity index (χ1) is 8.69. The maximum Gasteiger partial charge on any atom is 0.279 e. The zero-order valence-corrected chi connectivity index (χ0v) is 13.8. The van der Waals surface area contributed by atoms with Gasteiger partial charge in [0.25, 0.3) is 10.2 Å². The molecule has 0 aliphatic carbocycles. The number of nitrogens with zero attached hydrogens (tertiary/aromatic N) is 1. The lowest BCUT2D eigenvalue weighted by Gasteiger charge is -2.25. The topological polar surface area (TPSA) is 75.4 Å². The Balaban J connectivity index is 4.68. The molecule has 0 spiro atoms. The number of nitrogens with two attached hydrogens (primary N) is 1. The zero-order valence-electron chi connectivity index (χ0n) is 13.0. The van der Waals surface area contributed by atoms with Crippen molar-refractivity contribution in [2.45, 2.75) is 53.5 Å². The van der Waals surface area contributed by atoms with Gasteiger partial charge >= 0.3 is 0 Å². The highest BCUT2D eigenvalue weighted by Gasteiger charge is 2.23. The summed E-state index contributed by atoms with van der Waals surface area (Å²) in [5.41, 5.74) is 5.48. The molecule has 0 amide bonds. The second-order valence-electron chi connectivity index (χ2n) is 6.02. The molecule has 5 nitrogen and oxygen atoms in total. The number of hydrogen-bond acceptors (Lipinski definition) is 3. The maximum atomic E-state index is 12.3. The van der Waals surface area contributed by atoms with E-state index < -0.39 is 10.2 Å². The van der Waals surface area contributed by atoms with Crippen LogP contribution in [0.25, 0.3) is 0 Å². The quantitative estimate of drug-likeness (QED) is 0.642. The van der Waals surface area contributed by atoms with E-state index in [9.17, 15) is 8.42 Å². The van der Waals surface area contributed by atoms with Crippen LogP contribution in [0.4, 0.5) is 0 Å². The van der Waals surface area contributed by atoms with Gasteiger partial charge in [-0.2, -0.15) is 17.4 Å². The van der Waals surface area contributed by atoms with Crippen LogP contribution >= 0.6 is 0 Å². The Morgan fingerprint density at radius 1 is 1.00 bits per heavy atom. The van der Waals surface area contributed by atoms with Crippen molar-refractivity contribution in [3.63, 3.8) is 0 Å². The number of hydrogen-bond donors (Lipinski definition) is 2. The first kappa shape index (κ1) is 18.8. The lowest BCUT2D eigenvalue weighted by molar-refractivity contribution is 0.350. The van der Waals surface area contributed by atoms with E-state index in [-0.39, 0.29) is 6.04 Å². The third-order valence-corrected chi connectivity index (χ3v) is 4.70. The predicted molar refractivity (Wildman–Crippen MR) is 81.1 cm³/mol. The van der Waals surface area contributed by atoms with Gasteiger partial charge in [-0.25, -0.2) is 0 Å². The van der Waals surface area contributed by atoms with E-state index in [1.165, 1.54) is 0 Å². The lowest BCUT2D eigenvalue weighted by Crippen LogP contribution is -2.47. The molecule has 116 valence electrons. The van der Waals surface area contributed by atoms with Crippen LogP contribution in [0.2, 0.25) is 0 Å². The average molecular weight is 293 g/mol. The standard InChI is InChI=1S/C13H31N3O2S/c1-11(2)6-8-16(9-7-12(3)4)19(17,18)15-13(5)10-14/h11-13,15H,6-10,14H2,1-5H3/t13-/m0/s1. The zero-order chi connectivity index (χ0) is 15.1. The van der Waals surface area contributed by atoms with Gasteiger partial charge in [0.05, 0.1) is 0 Å². The highest BCUT2D eigenvalue weighted by molar-refractivity contribution is 7.87. The fourth-order valence-electron chi connectivity index (χ4n) is 1.53. The Morgan fingerprint density at radius 2 is 1.42 bits per heavy atom. The average Bonchev–Trinajstić information content (AvgIpc) is 2.26. The smallest absolute Gasteiger partial charge is 0.279 e. The van der Waals surface area contributed by atoms with Gasteiger partial charge in [-0.3, -0.25) is 0 Å². The van der Waals surface area contributed by atoms with E-state index in [0.29, 0.717) is 31.5 Å². The monoisotopic (exact) mass is 293 g/mol. The molecule has 0 saturated carbocycles. The van der Waals surface area contributed by atoms with E-state index >= 15 is 0 Å². The minimum absolute atomic E-state index is 0.231. The van der Waals surface area contributed by atoms with Crippen molar-refractivity contribution in [1.82, 2.24) is 9.03 Å². The molecule has 0 saturated heterocycles. The molecule has 0 aromatic carbocycles. The van der Waals surface area contributed by atoms with Crippen molar-refractivity contribution in [3.8, 4) is 0 Å². The fourth-order valence-corrected chi connectivity index (χ4v) is 2.98. The van der Waals surface area contributed by atoms with E-state index in [1.807, 2.05) is 0 Å². The minimum atomic E-state index is -3.42. The van der Waals surface area contributed by atoms with E-state index in [4.69, 9.17) is 5.73 Å². The Kier molecular flexibility index (Phi) is 8.81. The Labute approximate surface area is 119 Å². The maximum absolute atomic E-state index is 12.3. The Morgan fingerprint density at radius 3 is 1.74 bits per heavy atom. The molecule has 0 aliphatic heterocycles. The Bertz CT molecular complexity index is 317. The molecule has 0 fully saturated rings.